The van der Waals surface area contributed by atoms with E-state index >= 15 is 0 Å². The molecule has 36 heavy (non-hydrogen) atoms. The molecule has 1 saturated heterocycles. The molecule has 0 radical (unpaired) electrons. The minimum absolute atomic E-state index is 0.121. The summed E-state index contributed by atoms with van der Waals surface area (Å²) in [6.07, 6.45) is 3.53. The molecule has 8 nitrogen and oxygen atoms in total. The molecule has 0 bridgehead atoms. The summed E-state index contributed by atoms with van der Waals surface area (Å²) >= 11 is 13.2. The van der Waals surface area contributed by atoms with Crippen LogP contribution in [-0.2, 0) is 4.79 Å². The van der Waals surface area contributed by atoms with Gasteiger partial charge in [-0.1, -0.05) is 35.8 Å². The molecular weight excluding hydrogens is 503 g/mol. The van der Waals surface area contributed by atoms with Gasteiger partial charge in [0.15, 0.2) is 0 Å². The fourth-order valence-corrected chi connectivity index (χ4v) is 5.27. The smallest absolute Gasteiger partial charge is 0.246 e. The van der Waals surface area contributed by atoms with Crippen LogP contribution in [0.3, 0.4) is 0 Å². The third-order valence-electron chi connectivity index (χ3n) is 6.35. The number of rotatable bonds is 7. The lowest BCUT2D eigenvalue weighted by atomic mass is 9.95. The van der Waals surface area contributed by atoms with Crippen molar-refractivity contribution < 1.29 is 19.4 Å². The number of hydrogen-bond donors (Lipinski definition) is 2. The van der Waals surface area contributed by atoms with Crippen LogP contribution in [0.4, 0.5) is 5.95 Å². The highest BCUT2D eigenvalue weighted by Gasteiger charge is 2.42. The largest absolute Gasteiger partial charge is 0.495 e. The summed E-state index contributed by atoms with van der Waals surface area (Å²) in [6, 6.07) is 6.80. The Balaban J connectivity index is 1.62. The van der Waals surface area contributed by atoms with Crippen molar-refractivity contribution >= 4 is 46.0 Å². The number of carbonyl (C=O) groups is 1. The molecule has 1 fully saturated rings. The van der Waals surface area contributed by atoms with E-state index in [1.807, 2.05) is 18.2 Å². The topological polar surface area (TPSA) is 96.8 Å². The number of nitrogens with one attached hydrogen (secondary N) is 1. The van der Waals surface area contributed by atoms with E-state index in [0.717, 1.165) is 16.5 Å². The molecule has 10 heteroatoms. The Hall–Kier alpha value is -3.07. The molecule has 1 amide bonds. The van der Waals surface area contributed by atoms with E-state index in [4.69, 9.17) is 32.7 Å². The maximum atomic E-state index is 12.3. The van der Waals surface area contributed by atoms with Crippen LogP contribution in [-0.4, -0.2) is 64.3 Å². The number of fused-ring (bicyclic) bond motifs is 1. The molecule has 0 saturated carbocycles. The summed E-state index contributed by atoms with van der Waals surface area (Å²) < 4.78 is 10.8. The SMILES string of the molecule is C=CC(=O)N1C[C@@H](Nc2ncc3cc(-c4c(Cl)c(OC)cc(OC)c4Cl)ccc3n2)C[C@H]1C(C)(C)O. The number of hydrogen-bond acceptors (Lipinski definition) is 7. The number of carbonyl (C=O) groups excluding carboxylic acids is 1. The van der Waals surface area contributed by atoms with Crippen LogP contribution in [0, 0.1) is 0 Å². The Morgan fingerprint density at radius 1 is 1.22 bits per heavy atom. The molecule has 2 aromatic carbocycles. The second kappa shape index (κ2) is 10.1. The van der Waals surface area contributed by atoms with Crippen molar-refractivity contribution in [3.8, 4) is 22.6 Å². The minimum Gasteiger partial charge on any atom is -0.495 e. The number of anilines is 1. The van der Waals surface area contributed by atoms with Crippen molar-refractivity contribution in [3.63, 3.8) is 0 Å². The van der Waals surface area contributed by atoms with Crippen molar-refractivity contribution in [2.24, 2.45) is 0 Å². The van der Waals surface area contributed by atoms with Crippen LogP contribution in [0.1, 0.15) is 20.3 Å². The van der Waals surface area contributed by atoms with E-state index in [9.17, 15) is 9.90 Å². The van der Waals surface area contributed by atoms with Crippen molar-refractivity contribution in [3.05, 3.63) is 53.2 Å². The van der Waals surface area contributed by atoms with Gasteiger partial charge in [0.1, 0.15) is 11.5 Å². The first-order chi connectivity index (χ1) is 17.1. The number of benzene rings is 2. The minimum atomic E-state index is -1.05. The van der Waals surface area contributed by atoms with E-state index in [0.29, 0.717) is 46.0 Å². The summed E-state index contributed by atoms with van der Waals surface area (Å²) in [5.41, 5.74) is 1.02. The van der Waals surface area contributed by atoms with Gasteiger partial charge in [0.05, 0.1) is 41.4 Å². The summed E-state index contributed by atoms with van der Waals surface area (Å²) in [4.78, 5) is 23.1. The molecule has 2 atom stereocenters. The second-order valence-electron chi connectivity index (χ2n) is 9.19. The number of nitrogens with zero attached hydrogens (tertiary/aromatic N) is 3. The van der Waals surface area contributed by atoms with Gasteiger partial charge in [-0.15, -0.1) is 0 Å². The van der Waals surface area contributed by atoms with Crippen LogP contribution >= 0.6 is 23.2 Å². The Morgan fingerprint density at radius 3 is 2.47 bits per heavy atom. The predicted octanol–water partition coefficient (Wildman–Crippen LogP) is 4.96. The Bertz CT molecular complexity index is 1300. The molecule has 2 heterocycles. The zero-order valence-electron chi connectivity index (χ0n) is 20.5. The molecule has 1 aromatic heterocycles. The second-order valence-corrected chi connectivity index (χ2v) is 9.95. The molecule has 3 aromatic rings. The van der Waals surface area contributed by atoms with Crippen LogP contribution in [0.5, 0.6) is 11.5 Å². The highest BCUT2D eigenvalue weighted by Crippen LogP contribution is 2.46. The van der Waals surface area contributed by atoms with Crippen molar-refractivity contribution in [2.75, 3.05) is 26.1 Å². The monoisotopic (exact) mass is 530 g/mol. The quantitative estimate of drug-likeness (QED) is 0.416. The van der Waals surface area contributed by atoms with Gasteiger partial charge in [-0.05, 0) is 44.0 Å². The lowest BCUT2D eigenvalue weighted by molar-refractivity contribution is -0.131. The Morgan fingerprint density at radius 2 is 1.89 bits per heavy atom. The number of amides is 1. The van der Waals surface area contributed by atoms with Crippen molar-refractivity contribution in [2.45, 2.75) is 38.0 Å². The fourth-order valence-electron chi connectivity index (χ4n) is 4.55. The maximum absolute atomic E-state index is 12.3. The maximum Gasteiger partial charge on any atom is 0.246 e. The standard InChI is InChI=1S/C26H28Cl2N4O4/c1-6-21(33)32-13-16(10-20(32)26(2,3)34)30-25-29-12-15-9-14(7-8-17(15)31-25)22-23(27)18(35-4)11-19(36-5)24(22)28/h6-9,11-12,16,20,34H,1,10,13H2,2-5H3,(H,29,30,31)/t16-,20-/m0/s1. The van der Waals surface area contributed by atoms with Gasteiger partial charge in [-0.2, -0.15) is 0 Å². The molecule has 1 aliphatic rings. The van der Waals surface area contributed by atoms with E-state index in [-0.39, 0.29) is 18.0 Å². The van der Waals surface area contributed by atoms with Gasteiger partial charge in [-0.3, -0.25) is 4.79 Å². The van der Waals surface area contributed by atoms with Gasteiger partial charge < -0.3 is 24.8 Å². The van der Waals surface area contributed by atoms with E-state index < -0.39 is 5.60 Å². The van der Waals surface area contributed by atoms with Gasteiger partial charge in [0, 0.05) is 35.8 Å². The summed E-state index contributed by atoms with van der Waals surface area (Å²) in [5, 5.41) is 15.4. The molecule has 1 aliphatic heterocycles. The zero-order valence-corrected chi connectivity index (χ0v) is 22.0. The molecule has 4 rings (SSSR count). The number of aliphatic hydroxyl groups is 1. The summed E-state index contributed by atoms with van der Waals surface area (Å²) in [5.74, 6) is 1.12. The van der Waals surface area contributed by atoms with E-state index in [1.54, 1.807) is 31.0 Å². The highest BCUT2D eigenvalue weighted by molar-refractivity contribution is 6.41. The van der Waals surface area contributed by atoms with Crippen molar-refractivity contribution in [1.82, 2.24) is 14.9 Å². The molecule has 0 spiro atoms. The normalized spacial score (nSPS) is 17.8. The molecule has 2 N–H and O–H groups in total. The van der Waals surface area contributed by atoms with E-state index in [2.05, 4.69) is 21.9 Å². The van der Waals surface area contributed by atoms with Crippen molar-refractivity contribution in [1.29, 1.82) is 0 Å². The Kier molecular flexibility index (Phi) is 7.31. The predicted molar refractivity (Wildman–Crippen MR) is 142 cm³/mol. The fraction of sp³-hybridized carbons (Fsp3) is 0.346. The van der Waals surface area contributed by atoms with Gasteiger partial charge >= 0.3 is 0 Å². The first-order valence-electron chi connectivity index (χ1n) is 11.4. The molecular formula is C26H28Cl2N4O4. The van der Waals surface area contributed by atoms with Gasteiger partial charge in [-0.25, -0.2) is 9.97 Å². The third kappa shape index (κ3) is 4.93. The van der Waals surface area contributed by atoms with Crippen LogP contribution < -0.4 is 14.8 Å². The Labute approximate surface area is 219 Å². The number of halogens is 2. The van der Waals surface area contributed by atoms with Gasteiger partial charge in [0.2, 0.25) is 11.9 Å². The highest BCUT2D eigenvalue weighted by atomic mass is 35.5. The lowest BCUT2D eigenvalue weighted by Crippen LogP contribution is -2.47. The first kappa shape index (κ1) is 26.0. The molecule has 190 valence electrons. The van der Waals surface area contributed by atoms with Crippen LogP contribution in [0.15, 0.2) is 43.1 Å². The van der Waals surface area contributed by atoms with E-state index in [1.165, 1.54) is 20.3 Å². The summed E-state index contributed by atoms with van der Waals surface area (Å²) in [7, 11) is 3.06. The van der Waals surface area contributed by atoms with Crippen LogP contribution in [0.2, 0.25) is 10.0 Å². The third-order valence-corrected chi connectivity index (χ3v) is 7.10. The number of methoxy groups -OCH3 is 2. The molecule has 0 unspecified atom stereocenters. The molecule has 0 aliphatic carbocycles. The lowest BCUT2D eigenvalue weighted by Gasteiger charge is -2.32. The number of ether oxygens (including phenoxy) is 2. The van der Waals surface area contributed by atoms with Crippen LogP contribution in [0.25, 0.3) is 22.0 Å². The average molecular weight is 531 g/mol. The van der Waals surface area contributed by atoms with Gasteiger partial charge in [0.25, 0.3) is 0 Å². The summed E-state index contributed by atoms with van der Waals surface area (Å²) in [6.45, 7) is 7.38. The number of likely N-dealkylation sites (tertiary alicyclic amines) is 1. The average Bonchev–Trinajstić information content (AvgIpc) is 3.28. The zero-order chi connectivity index (χ0) is 26.2. The first-order valence-corrected chi connectivity index (χ1v) is 12.1. The number of aromatic nitrogens is 2.